The SMILES string of the molecule is O=C(O)C/C=C(\[O-])O.[Na+]. The van der Waals surface area contributed by atoms with Crippen molar-refractivity contribution in [3.05, 3.63) is 12.0 Å². The Morgan fingerprint density at radius 3 is 2.11 bits per heavy atom. The van der Waals surface area contributed by atoms with Gasteiger partial charge in [-0.3, -0.25) is 4.79 Å². The number of aliphatic hydroxyl groups is 1. The summed E-state index contributed by atoms with van der Waals surface area (Å²) in [4.78, 5) is 9.61. The van der Waals surface area contributed by atoms with Gasteiger partial charge in [-0.15, -0.1) is 0 Å². The van der Waals surface area contributed by atoms with E-state index in [0.29, 0.717) is 6.08 Å². The van der Waals surface area contributed by atoms with Gasteiger partial charge in [0.2, 0.25) is 0 Å². The van der Waals surface area contributed by atoms with E-state index in [4.69, 9.17) is 10.2 Å². The zero-order chi connectivity index (χ0) is 6.57. The maximum atomic E-state index is 9.61. The van der Waals surface area contributed by atoms with Gasteiger partial charge in [0, 0.05) is 5.95 Å². The van der Waals surface area contributed by atoms with Crippen molar-refractivity contribution in [2.45, 2.75) is 6.42 Å². The van der Waals surface area contributed by atoms with Crippen LogP contribution in [0.3, 0.4) is 0 Å². The van der Waals surface area contributed by atoms with Crippen LogP contribution in [0.4, 0.5) is 0 Å². The van der Waals surface area contributed by atoms with Crippen molar-refractivity contribution < 1.29 is 49.7 Å². The molecule has 2 N–H and O–H groups in total. The van der Waals surface area contributed by atoms with Crippen molar-refractivity contribution in [2.24, 2.45) is 0 Å². The van der Waals surface area contributed by atoms with Crippen LogP contribution in [0.15, 0.2) is 12.0 Å². The van der Waals surface area contributed by atoms with E-state index in [1.165, 1.54) is 0 Å². The van der Waals surface area contributed by atoms with Gasteiger partial charge in [-0.05, 0) is 0 Å². The third kappa shape index (κ3) is 11.4. The molecule has 0 atom stereocenters. The van der Waals surface area contributed by atoms with Gasteiger partial charge in [0.15, 0.2) is 0 Å². The number of carboxylic acids is 1. The molecule has 0 saturated carbocycles. The molecule has 0 aliphatic rings. The summed E-state index contributed by atoms with van der Waals surface area (Å²) in [5.41, 5.74) is 0. The fourth-order valence-electron chi connectivity index (χ4n) is 0.175. The van der Waals surface area contributed by atoms with E-state index in [1.54, 1.807) is 0 Å². The van der Waals surface area contributed by atoms with Crippen LogP contribution >= 0.6 is 0 Å². The maximum Gasteiger partial charge on any atom is 1.00 e. The zero-order valence-electron chi connectivity index (χ0n) is 5.00. The summed E-state index contributed by atoms with van der Waals surface area (Å²) in [5, 5.41) is 25.3. The van der Waals surface area contributed by atoms with E-state index < -0.39 is 18.3 Å². The quantitative estimate of drug-likeness (QED) is 0.304. The monoisotopic (exact) mass is 140 g/mol. The van der Waals surface area contributed by atoms with Gasteiger partial charge in [-0.1, -0.05) is 6.08 Å². The summed E-state index contributed by atoms with van der Waals surface area (Å²) < 4.78 is 0. The Bertz CT molecular complexity index is 116. The van der Waals surface area contributed by atoms with E-state index in [-0.39, 0.29) is 29.6 Å². The average molecular weight is 140 g/mol. The molecule has 0 saturated heterocycles. The first-order valence-corrected chi connectivity index (χ1v) is 1.91. The summed E-state index contributed by atoms with van der Waals surface area (Å²) in [5.74, 6) is -2.33. The molecule has 0 aliphatic carbocycles. The Morgan fingerprint density at radius 2 is 2.00 bits per heavy atom. The van der Waals surface area contributed by atoms with Crippen LogP contribution in [0.1, 0.15) is 6.42 Å². The van der Waals surface area contributed by atoms with E-state index in [0.717, 1.165) is 0 Å². The summed E-state index contributed by atoms with van der Waals surface area (Å²) in [6.45, 7) is 0. The molecule has 4 nitrogen and oxygen atoms in total. The third-order valence-electron chi connectivity index (χ3n) is 0.451. The molecule has 0 amide bonds. The molecule has 0 aliphatic heterocycles. The Balaban J connectivity index is 0. The van der Waals surface area contributed by atoms with Crippen LogP contribution in [0.25, 0.3) is 0 Å². The maximum absolute atomic E-state index is 9.61. The van der Waals surface area contributed by atoms with Gasteiger partial charge in [-0.2, -0.15) is 0 Å². The molecule has 0 heterocycles. The largest absolute Gasteiger partial charge is 1.00 e. The summed E-state index contributed by atoms with van der Waals surface area (Å²) >= 11 is 0. The first-order valence-electron chi connectivity index (χ1n) is 1.91. The van der Waals surface area contributed by atoms with Crippen LogP contribution in [-0.4, -0.2) is 16.2 Å². The molecular weight excluding hydrogens is 135 g/mol. The molecule has 0 fully saturated rings. The van der Waals surface area contributed by atoms with Crippen LogP contribution in [0.5, 0.6) is 0 Å². The van der Waals surface area contributed by atoms with Crippen LogP contribution in [0.2, 0.25) is 0 Å². The number of hydrogen-bond acceptors (Lipinski definition) is 3. The molecule has 0 unspecified atom stereocenters. The Morgan fingerprint density at radius 1 is 1.56 bits per heavy atom. The van der Waals surface area contributed by atoms with Crippen molar-refractivity contribution in [3.63, 3.8) is 0 Å². The second-order valence-corrected chi connectivity index (χ2v) is 1.14. The van der Waals surface area contributed by atoms with Crippen molar-refractivity contribution in [1.29, 1.82) is 0 Å². The number of aliphatic carboxylic acids is 1. The van der Waals surface area contributed by atoms with Crippen LogP contribution in [-0.2, 0) is 4.79 Å². The minimum absolute atomic E-state index is 0. The van der Waals surface area contributed by atoms with Crippen molar-refractivity contribution >= 4 is 5.97 Å². The molecule has 0 aromatic carbocycles. The second kappa shape index (κ2) is 5.94. The van der Waals surface area contributed by atoms with Gasteiger partial charge in [0.1, 0.15) is 0 Å². The van der Waals surface area contributed by atoms with E-state index >= 15 is 0 Å². The molecule has 46 valence electrons. The number of hydrogen-bond donors (Lipinski definition) is 2. The summed E-state index contributed by atoms with van der Waals surface area (Å²) in [6.07, 6.45) is 0.262. The van der Waals surface area contributed by atoms with Gasteiger partial charge >= 0.3 is 35.5 Å². The predicted octanol–water partition coefficient (Wildman–Crippen LogP) is -3.78. The Labute approximate surface area is 74.1 Å². The van der Waals surface area contributed by atoms with E-state index in [2.05, 4.69) is 0 Å². The first-order chi connectivity index (χ1) is 3.63. The number of rotatable bonds is 2. The number of carbonyl (C=O) groups is 1. The normalized spacial score (nSPS) is 10.0. The Hall–Kier alpha value is -0.190. The third-order valence-corrected chi connectivity index (χ3v) is 0.451. The zero-order valence-corrected chi connectivity index (χ0v) is 7.00. The molecule has 0 radical (unpaired) electrons. The number of carboxylic acid groups (broad SMARTS) is 1. The van der Waals surface area contributed by atoms with Gasteiger partial charge in [0.05, 0.1) is 6.42 Å². The molecule has 0 rings (SSSR count). The molecule has 0 spiro atoms. The van der Waals surface area contributed by atoms with Crippen molar-refractivity contribution in [1.82, 2.24) is 0 Å². The van der Waals surface area contributed by atoms with Crippen LogP contribution < -0.4 is 34.7 Å². The predicted molar refractivity (Wildman–Crippen MR) is 23.0 cm³/mol. The molecular formula is C4H5NaO4. The topological polar surface area (TPSA) is 80.6 Å². The Kier molecular flexibility index (Phi) is 7.65. The molecule has 0 aromatic rings. The molecule has 5 heteroatoms. The van der Waals surface area contributed by atoms with Gasteiger partial charge in [-0.25, -0.2) is 0 Å². The van der Waals surface area contributed by atoms with Crippen LogP contribution in [0, 0.1) is 0 Å². The van der Waals surface area contributed by atoms with E-state index in [9.17, 15) is 9.90 Å². The number of aliphatic hydroxyl groups excluding tert-OH is 1. The first kappa shape index (κ1) is 11.6. The molecule has 9 heavy (non-hydrogen) atoms. The van der Waals surface area contributed by atoms with E-state index in [1.807, 2.05) is 0 Å². The van der Waals surface area contributed by atoms with Crippen molar-refractivity contribution in [3.8, 4) is 0 Å². The van der Waals surface area contributed by atoms with Gasteiger partial charge < -0.3 is 15.3 Å². The minimum Gasteiger partial charge on any atom is -0.629 e. The smallest absolute Gasteiger partial charge is 0.629 e. The van der Waals surface area contributed by atoms with Gasteiger partial charge in [0.25, 0.3) is 0 Å². The average Bonchev–Trinajstić information content (AvgIpc) is 1.61. The fraction of sp³-hybridized carbons (Fsp3) is 0.250. The fourth-order valence-corrected chi connectivity index (χ4v) is 0.175. The molecule has 0 bridgehead atoms. The summed E-state index contributed by atoms with van der Waals surface area (Å²) in [6, 6.07) is 0. The summed E-state index contributed by atoms with van der Waals surface area (Å²) in [7, 11) is 0. The van der Waals surface area contributed by atoms with Crippen molar-refractivity contribution in [2.75, 3.05) is 0 Å². The minimum atomic E-state index is -1.20. The molecule has 0 aromatic heterocycles. The standard InChI is InChI=1S/C4H6O4.Na/c5-3(6)1-2-4(7)8;/h1,5-6H,2H2,(H,7,8);/q;+1/p-1. The second-order valence-electron chi connectivity index (χ2n) is 1.14.